The molecule has 0 aliphatic carbocycles. The summed E-state index contributed by atoms with van der Waals surface area (Å²) in [7, 11) is 1.65. The number of hydrogen-bond donors (Lipinski definition) is 0. The molecule has 2 fully saturated rings. The molecule has 0 spiro atoms. The fraction of sp³-hybridized carbons (Fsp3) is 0.481. The van der Waals surface area contributed by atoms with Crippen molar-refractivity contribution in [2.24, 2.45) is 0 Å². The Morgan fingerprint density at radius 2 is 1.34 bits per heavy atom. The first-order valence-corrected chi connectivity index (χ1v) is 12.4. The third kappa shape index (κ3) is 6.94. The van der Waals surface area contributed by atoms with Crippen molar-refractivity contribution in [2.75, 3.05) is 70.9 Å². The van der Waals surface area contributed by atoms with E-state index in [0.29, 0.717) is 39.0 Å². The number of piperazine rings is 2. The van der Waals surface area contributed by atoms with Crippen molar-refractivity contribution < 1.29 is 18.7 Å². The van der Waals surface area contributed by atoms with Gasteiger partial charge in [0.15, 0.2) is 0 Å². The Balaban J connectivity index is 1.12. The number of anilines is 1. The molecule has 2 amide bonds. The summed E-state index contributed by atoms with van der Waals surface area (Å²) in [5.41, 5.74) is 2.13. The van der Waals surface area contributed by atoms with Crippen molar-refractivity contribution in [3.63, 3.8) is 0 Å². The second-order valence-corrected chi connectivity index (χ2v) is 9.16. The third-order valence-corrected chi connectivity index (χ3v) is 6.98. The second kappa shape index (κ2) is 12.0. The van der Waals surface area contributed by atoms with Gasteiger partial charge in [-0.2, -0.15) is 0 Å². The predicted molar refractivity (Wildman–Crippen MR) is 134 cm³/mol. The van der Waals surface area contributed by atoms with Crippen LogP contribution in [0.1, 0.15) is 18.4 Å². The Morgan fingerprint density at radius 3 is 1.94 bits per heavy atom. The van der Waals surface area contributed by atoms with Gasteiger partial charge in [0.1, 0.15) is 11.6 Å². The van der Waals surface area contributed by atoms with Gasteiger partial charge >= 0.3 is 0 Å². The number of methoxy groups -OCH3 is 1. The summed E-state index contributed by atoms with van der Waals surface area (Å²) < 4.78 is 18.3. The molecule has 4 rings (SSSR count). The lowest BCUT2D eigenvalue weighted by molar-refractivity contribution is -0.134. The first kappa shape index (κ1) is 25.0. The van der Waals surface area contributed by atoms with E-state index >= 15 is 0 Å². The number of ether oxygens (including phenoxy) is 1. The first-order chi connectivity index (χ1) is 17.0. The monoisotopic (exact) mass is 482 g/mol. The Labute approximate surface area is 207 Å². The summed E-state index contributed by atoms with van der Waals surface area (Å²) in [5, 5.41) is 0. The molecule has 0 radical (unpaired) electrons. The highest BCUT2D eigenvalue weighted by molar-refractivity contribution is 5.77. The van der Waals surface area contributed by atoms with Crippen LogP contribution in [-0.2, 0) is 16.0 Å². The van der Waals surface area contributed by atoms with Gasteiger partial charge in [0.05, 0.1) is 7.11 Å². The molecule has 2 aliphatic rings. The van der Waals surface area contributed by atoms with Crippen LogP contribution in [0.3, 0.4) is 0 Å². The molecule has 0 bridgehead atoms. The Bertz CT molecular complexity index is 967. The quantitative estimate of drug-likeness (QED) is 0.579. The fourth-order valence-corrected chi connectivity index (χ4v) is 4.70. The number of carbonyl (C=O) groups excluding carboxylic acids is 2. The zero-order valence-electron chi connectivity index (χ0n) is 20.5. The van der Waals surface area contributed by atoms with Crippen LogP contribution in [0, 0.1) is 5.82 Å². The number of hydrogen-bond acceptors (Lipinski definition) is 5. The number of benzene rings is 2. The Morgan fingerprint density at radius 1 is 0.771 bits per heavy atom. The SMILES string of the molecule is COc1ccc(CCC(=O)N2CCN(CCC(=O)N3CCN(c4ccc(F)cc4)CC3)CC2)cc1. The zero-order chi connectivity index (χ0) is 24.6. The van der Waals surface area contributed by atoms with Gasteiger partial charge in [-0.05, 0) is 48.4 Å². The molecular formula is C27H35FN4O3. The smallest absolute Gasteiger partial charge is 0.223 e. The molecule has 2 aromatic rings. The molecule has 0 aromatic heterocycles. The maximum Gasteiger partial charge on any atom is 0.223 e. The topological polar surface area (TPSA) is 56.3 Å². The van der Waals surface area contributed by atoms with Crippen LogP contribution in [0.4, 0.5) is 10.1 Å². The van der Waals surface area contributed by atoms with Crippen LogP contribution in [-0.4, -0.2) is 92.5 Å². The van der Waals surface area contributed by atoms with Gasteiger partial charge in [0, 0.05) is 77.4 Å². The fourth-order valence-electron chi connectivity index (χ4n) is 4.70. The summed E-state index contributed by atoms with van der Waals surface area (Å²) in [5.74, 6) is 0.959. The lowest BCUT2D eigenvalue weighted by atomic mass is 10.1. The second-order valence-electron chi connectivity index (χ2n) is 9.16. The maximum atomic E-state index is 13.1. The predicted octanol–water partition coefficient (Wildman–Crippen LogP) is 2.65. The van der Waals surface area contributed by atoms with Crippen molar-refractivity contribution in [1.82, 2.24) is 14.7 Å². The largest absolute Gasteiger partial charge is 0.497 e. The molecule has 2 aromatic carbocycles. The Hall–Kier alpha value is -3.13. The minimum Gasteiger partial charge on any atom is -0.497 e. The van der Waals surface area contributed by atoms with E-state index in [1.807, 2.05) is 34.1 Å². The lowest BCUT2D eigenvalue weighted by Gasteiger charge is -2.37. The minimum absolute atomic E-state index is 0.182. The molecule has 2 saturated heterocycles. The maximum absolute atomic E-state index is 13.1. The molecule has 35 heavy (non-hydrogen) atoms. The number of aryl methyl sites for hydroxylation is 1. The third-order valence-electron chi connectivity index (χ3n) is 6.98. The highest BCUT2D eigenvalue weighted by Crippen LogP contribution is 2.18. The van der Waals surface area contributed by atoms with Gasteiger partial charge in [-0.1, -0.05) is 12.1 Å². The van der Waals surface area contributed by atoms with E-state index in [4.69, 9.17) is 4.74 Å². The van der Waals surface area contributed by atoms with E-state index in [1.165, 1.54) is 12.1 Å². The van der Waals surface area contributed by atoms with Crippen molar-refractivity contribution in [2.45, 2.75) is 19.3 Å². The van der Waals surface area contributed by atoms with Gasteiger partial charge in [-0.25, -0.2) is 4.39 Å². The van der Waals surface area contributed by atoms with E-state index in [2.05, 4.69) is 9.80 Å². The van der Waals surface area contributed by atoms with Crippen LogP contribution < -0.4 is 9.64 Å². The molecule has 2 heterocycles. The first-order valence-electron chi connectivity index (χ1n) is 12.4. The van der Waals surface area contributed by atoms with Crippen LogP contribution in [0.2, 0.25) is 0 Å². The summed E-state index contributed by atoms with van der Waals surface area (Å²) >= 11 is 0. The number of nitrogens with zero attached hydrogens (tertiary/aromatic N) is 4. The Kier molecular flexibility index (Phi) is 8.58. The van der Waals surface area contributed by atoms with Gasteiger partial charge < -0.3 is 19.4 Å². The normalized spacial score (nSPS) is 16.9. The van der Waals surface area contributed by atoms with E-state index in [0.717, 1.165) is 56.1 Å². The summed E-state index contributed by atoms with van der Waals surface area (Å²) in [6, 6.07) is 14.4. The van der Waals surface area contributed by atoms with Crippen LogP contribution in [0.15, 0.2) is 48.5 Å². The number of halogens is 1. The van der Waals surface area contributed by atoms with Gasteiger partial charge in [0.2, 0.25) is 11.8 Å². The van der Waals surface area contributed by atoms with E-state index < -0.39 is 0 Å². The summed E-state index contributed by atoms with van der Waals surface area (Å²) in [6.07, 6.45) is 1.74. The molecular weight excluding hydrogens is 447 g/mol. The minimum atomic E-state index is -0.235. The summed E-state index contributed by atoms with van der Waals surface area (Å²) in [4.78, 5) is 33.7. The highest BCUT2D eigenvalue weighted by Gasteiger charge is 2.24. The van der Waals surface area contributed by atoms with Crippen LogP contribution in [0.5, 0.6) is 5.75 Å². The zero-order valence-corrected chi connectivity index (χ0v) is 20.5. The number of amides is 2. The van der Waals surface area contributed by atoms with Gasteiger partial charge in [0.25, 0.3) is 0 Å². The van der Waals surface area contributed by atoms with Crippen molar-refractivity contribution in [1.29, 1.82) is 0 Å². The summed E-state index contributed by atoms with van der Waals surface area (Å²) in [6.45, 7) is 6.66. The molecule has 2 aliphatic heterocycles. The van der Waals surface area contributed by atoms with E-state index in [9.17, 15) is 14.0 Å². The number of rotatable bonds is 8. The van der Waals surface area contributed by atoms with Crippen molar-refractivity contribution in [3.05, 3.63) is 59.9 Å². The van der Waals surface area contributed by atoms with Crippen LogP contribution >= 0.6 is 0 Å². The van der Waals surface area contributed by atoms with Gasteiger partial charge in [-0.3, -0.25) is 14.5 Å². The van der Waals surface area contributed by atoms with Gasteiger partial charge in [-0.15, -0.1) is 0 Å². The van der Waals surface area contributed by atoms with Crippen LogP contribution in [0.25, 0.3) is 0 Å². The highest BCUT2D eigenvalue weighted by atomic mass is 19.1. The molecule has 8 heteroatoms. The molecule has 188 valence electrons. The average molecular weight is 483 g/mol. The van der Waals surface area contributed by atoms with Crippen molar-refractivity contribution >= 4 is 17.5 Å². The molecule has 0 N–H and O–H groups in total. The average Bonchev–Trinajstić information content (AvgIpc) is 2.91. The number of carbonyl (C=O) groups is 2. The molecule has 7 nitrogen and oxygen atoms in total. The van der Waals surface area contributed by atoms with E-state index in [-0.39, 0.29) is 17.6 Å². The molecule has 0 unspecified atom stereocenters. The van der Waals surface area contributed by atoms with Crippen molar-refractivity contribution in [3.8, 4) is 5.75 Å². The standard InChI is InChI=1S/C27H35FN4O3/c1-35-25-9-2-22(3-10-25)4-11-26(33)31-16-14-29(15-17-31)13-12-27(34)32-20-18-30(19-21-32)24-7-5-23(28)6-8-24/h2-3,5-10H,4,11-21H2,1H3. The van der Waals surface area contributed by atoms with E-state index in [1.54, 1.807) is 19.2 Å². The molecule has 0 saturated carbocycles. The molecule has 0 atom stereocenters. The lowest BCUT2D eigenvalue weighted by Crippen LogP contribution is -2.51.